The van der Waals surface area contributed by atoms with Crippen molar-refractivity contribution in [3.8, 4) is 0 Å². The number of aliphatic hydroxyl groups excluding tert-OH is 5. The Bertz CT molecular complexity index is 317. The molecule has 0 aromatic heterocycles. The van der Waals surface area contributed by atoms with Crippen LogP contribution in [0.15, 0.2) is 0 Å². The van der Waals surface area contributed by atoms with Gasteiger partial charge in [0.05, 0.1) is 6.61 Å². The largest absolute Gasteiger partial charge is 0.472 e. The van der Waals surface area contributed by atoms with E-state index in [9.17, 15) is 25.0 Å². The Morgan fingerprint density at radius 3 is 2.17 bits per heavy atom. The Morgan fingerprint density at radius 1 is 1.17 bits per heavy atom. The SMILES string of the molecule is O=P(O)(O)OC1OC(C(O)CO)C(O)C(O)C1O. The minimum atomic E-state index is -5.00. The van der Waals surface area contributed by atoms with Crippen molar-refractivity contribution in [3.63, 3.8) is 0 Å². The Balaban J connectivity index is 2.84. The molecule has 6 atom stereocenters. The Labute approximate surface area is 101 Å². The van der Waals surface area contributed by atoms with Gasteiger partial charge in [-0.05, 0) is 0 Å². The average molecular weight is 290 g/mol. The molecule has 0 aromatic rings. The second-order valence-electron chi connectivity index (χ2n) is 3.79. The van der Waals surface area contributed by atoms with Crippen LogP contribution in [-0.4, -0.2) is 78.7 Å². The summed E-state index contributed by atoms with van der Waals surface area (Å²) in [5, 5.41) is 46.3. The average Bonchev–Trinajstić information content (AvgIpc) is 2.27. The fourth-order valence-electron chi connectivity index (χ4n) is 1.52. The molecule has 1 aliphatic rings. The molecule has 0 aliphatic carbocycles. The lowest BCUT2D eigenvalue weighted by Crippen LogP contribution is -2.61. The molecule has 1 rings (SSSR count). The second-order valence-corrected chi connectivity index (χ2v) is 4.98. The van der Waals surface area contributed by atoms with Crippen molar-refractivity contribution in [2.45, 2.75) is 36.8 Å². The Kier molecular flexibility index (Phi) is 5.21. The Morgan fingerprint density at radius 2 is 1.72 bits per heavy atom. The summed E-state index contributed by atoms with van der Waals surface area (Å²) in [6.07, 6.45) is -10.7. The van der Waals surface area contributed by atoms with E-state index in [4.69, 9.17) is 19.6 Å². The standard InChI is InChI=1S/C7H15O10P/c8-1-2(9)6-4(11)3(10)5(12)7(16-6)17-18(13,14)15/h2-12H,1H2,(H2,13,14,15). The highest BCUT2D eigenvalue weighted by atomic mass is 31.2. The summed E-state index contributed by atoms with van der Waals surface area (Å²) in [7, 11) is -5.00. The topological polar surface area (TPSA) is 177 Å². The van der Waals surface area contributed by atoms with Crippen molar-refractivity contribution in [1.29, 1.82) is 0 Å². The van der Waals surface area contributed by atoms with E-state index in [1.54, 1.807) is 0 Å². The molecule has 1 fully saturated rings. The lowest BCUT2D eigenvalue weighted by molar-refractivity contribution is -0.293. The summed E-state index contributed by atoms with van der Waals surface area (Å²) in [6.45, 7) is -0.826. The highest BCUT2D eigenvalue weighted by Gasteiger charge is 2.48. The van der Waals surface area contributed by atoms with Crippen molar-refractivity contribution < 1.29 is 49.1 Å². The van der Waals surface area contributed by atoms with Gasteiger partial charge in [-0.25, -0.2) is 4.57 Å². The van der Waals surface area contributed by atoms with Gasteiger partial charge in [0, 0.05) is 0 Å². The van der Waals surface area contributed by atoms with Gasteiger partial charge in [0.15, 0.2) is 6.29 Å². The van der Waals surface area contributed by atoms with Gasteiger partial charge in [-0.3, -0.25) is 4.52 Å². The van der Waals surface area contributed by atoms with Gasteiger partial charge in [-0.1, -0.05) is 0 Å². The molecule has 0 bridgehead atoms. The Hall–Kier alpha value is -0.130. The van der Waals surface area contributed by atoms with E-state index in [2.05, 4.69) is 4.52 Å². The lowest BCUT2D eigenvalue weighted by atomic mass is 9.96. The van der Waals surface area contributed by atoms with E-state index in [-0.39, 0.29) is 0 Å². The van der Waals surface area contributed by atoms with Crippen molar-refractivity contribution in [1.82, 2.24) is 0 Å². The van der Waals surface area contributed by atoms with Crippen LogP contribution >= 0.6 is 7.82 Å². The summed E-state index contributed by atoms with van der Waals surface area (Å²) in [5.41, 5.74) is 0. The first-order chi connectivity index (χ1) is 8.17. The molecule has 11 heteroatoms. The highest BCUT2D eigenvalue weighted by molar-refractivity contribution is 7.46. The van der Waals surface area contributed by atoms with E-state index in [1.807, 2.05) is 0 Å². The van der Waals surface area contributed by atoms with Crippen molar-refractivity contribution in [3.05, 3.63) is 0 Å². The zero-order valence-electron chi connectivity index (χ0n) is 8.97. The number of rotatable bonds is 4. The smallest absolute Gasteiger partial charge is 0.394 e. The lowest BCUT2D eigenvalue weighted by Gasteiger charge is -2.41. The quantitative estimate of drug-likeness (QED) is 0.254. The van der Waals surface area contributed by atoms with Crippen molar-refractivity contribution >= 4 is 7.82 Å². The summed E-state index contributed by atoms with van der Waals surface area (Å²) in [6, 6.07) is 0. The number of hydrogen-bond donors (Lipinski definition) is 7. The molecule has 0 saturated carbocycles. The molecule has 108 valence electrons. The van der Waals surface area contributed by atoms with E-state index in [0.29, 0.717) is 0 Å². The minimum Gasteiger partial charge on any atom is -0.394 e. The maximum absolute atomic E-state index is 10.6. The van der Waals surface area contributed by atoms with Gasteiger partial charge in [0.2, 0.25) is 0 Å². The van der Waals surface area contributed by atoms with Gasteiger partial charge in [0.25, 0.3) is 0 Å². The molecule has 1 heterocycles. The molecular weight excluding hydrogens is 275 g/mol. The number of aliphatic hydroxyl groups is 5. The van der Waals surface area contributed by atoms with E-state index in [0.717, 1.165) is 0 Å². The second kappa shape index (κ2) is 5.88. The van der Waals surface area contributed by atoms with Gasteiger partial charge in [-0.2, -0.15) is 0 Å². The fourth-order valence-corrected chi connectivity index (χ4v) is 1.96. The minimum absolute atomic E-state index is 0.826. The van der Waals surface area contributed by atoms with Crippen molar-refractivity contribution in [2.24, 2.45) is 0 Å². The van der Waals surface area contributed by atoms with E-state index < -0.39 is 51.2 Å². The zero-order valence-corrected chi connectivity index (χ0v) is 9.87. The third-order valence-corrected chi connectivity index (χ3v) is 2.90. The first-order valence-corrected chi connectivity index (χ1v) is 6.43. The number of ether oxygens (including phenoxy) is 1. The summed E-state index contributed by atoms with van der Waals surface area (Å²) < 4.78 is 19.4. The molecule has 0 amide bonds. The molecule has 1 saturated heterocycles. The van der Waals surface area contributed by atoms with Crippen LogP contribution in [0.3, 0.4) is 0 Å². The maximum atomic E-state index is 10.6. The summed E-state index contributed by atoms with van der Waals surface area (Å²) in [5.74, 6) is 0. The van der Waals surface area contributed by atoms with Gasteiger partial charge in [-0.15, -0.1) is 0 Å². The molecule has 0 aromatic carbocycles. The molecular formula is C7H15O10P. The van der Waals surface area contributed by atoms with E-state index >= 15 is 0 Å². The normalized spacial score (nSPS) is 39.6. The molecule has 18 heavy (non-hydrogen) atoms. The van der Waals surface area contributed by atoms with Crippen LogP contribution in [0.25, 0.3) is 0 Å². The van der Waals surface area contributed by atoms with Crippen LogP contribution in [0, 0.1) is 0 Å². The molecule has 0 radical (unpaired) electrons. The van der Waals surface area contributed by atoms with Gasteiger partial charge < -0.3 is 40.1 Å². The predicted octanol–water partition coefficient (Wildman–Crippen LogP) is -3.74. The molecule has 7 N–H and O–H groups in total. The van der Waals surface area contributed by atoms with Crippen LogP contribution in [-0.2, 0) is 13.8 Å². The molecule has 10 nitrogen and oxygen atoms in total. The van der Waals surface area contributed by atoms with Crippen LogP contribution < -0.4 is 0 Å². The van der Waals surface area contributed by atoms with Gasteiger partial charge >= 0.3 is 7.82 Å². The zero-order chi connectivity index (χ0) is 14.1. The third kappa shape index (κ3) is 3.68. The summed E-state index contributed by atoms with van der Waals surface area (Å²) in [4.78, 5) is 17.1. The van der Waals surface area contributed by atoms with E-state index in [1.165, 1.54) is 0 Å². The molecule has 0 spiro atoms. The maximum Gasteiger partial charge on any atom is 0.472 e. The van der Waals surface area contributed by atoms with Crippen LogP contribution in [0.5, 0.6) is 0 Å². The number of hydrogen-bond acceptors (Lipinski definition) is 8. The van der Waals surface area contributed by atoms with Crippen molar-refractivity contribution in [2.75, 3.05) is 6.61 Å². The molecule has 1 aliphatic heterocycles. The number of phosphoric acid groups is 1. The van der Waals surface area contributed by atoms with Gasteiger partial charge in [0.1, 0.15) is 30.5 Å². The number of phosphoric ester groups is 1. The predicted molar refractivity (Wildman–Crippen MR) is 52.9 cm³/mol. The van der Waals surface area contributed by atoms with Crippen LogP contribution in [0.4, 0.5) is 0 Å². The summed E-state index contributed by atoms with van der Waals surface area (Å²) >= 11 is 0. The van der Waals surface area contributed by atoms with Crippen LogP contribution in [0.1, 0.15) is 0 Å². The molecule has 6 unspecified atom stereocenters. The highest BCUT2D eigenvalue weighted by Crippen LogP contribution is 2.40. The fraction of sp³-hybridized carbons (Fsp3) is 1.00. The third-order valence-electron chi connectivity index (χ3n) is 2.41. The van der Waals surface area contributed by atoms with Crippen LogP contribution in [0.2, 0.25) is 0 Å². The first-order valence-electron chi connectivity index (χ1n) is 4.90. The first kappa shape index (κ1) is 15.9. The monoisotopic (exact) mass is 290 g/mol.